The molecule has 1 rings (SSSR count). The summed E-state index contributed by atoms with van der Waals surface area (Å²) in [7, 11) is 3.79. The molecule has 10 heavy (non-hydrogen) atoms. The quantitative estimate of drug-likeness (QED) is 0.521. The fourth-order valence-electron chi connectivity index (χ4n) is 1.23. The van der Waals surface area contributed by atoms with Gasteiger partial charge in [0.2, 0.25) is 0 Å². The minimum absolute atomic E-state index is 0.0833. The van der Waals surface area contributed by atoms with Gasteiger partial charge in [0.05, 0.1) is 0 Å². The van der Waals surface area contributed by atoms with Gasteiger partial charge in [-0.1, -0.05) is 0 Å². The summed E-state index contributed by atoms with van der Waals surface area (Å²) >= 11 is 0. The highest BCUT2D eigenvalue weighted by Gasteiger charge is 2.24. The minimum atomic E-state index is -0.0833. The third-order valence-electron chi connectivity index (χ3n) is 1.67. The highest BCUT2D eigenvalue weighted by Crippen LogP contribution is 2.11. The van der Waals surface area contributed by atoms with Gasteiger partial charge in [-0.25, -0.2) is 0 Å². The Kier molecular flexibility index (Phi) is 1.66. The lowest BCUT2D eigenvalue weighted by Gasteiger charge is -2.24. The smallest absolute Gasteiger partial charge is 0.172 e. The van der Waals surface area contributed by atoms with E-state index in [0.29, 0.717) is 0 Å². The van der Waals surface area contributed by atoms with Crippen molar-refractivity contribution < 1.29 is 4.79 Å². The van der Waals surface area contributed by atoms with Gasteiger partial charge in [-0.05, 0) is 6.92 Å². The van der Waals surface area contributed by atoms with Crippen LogP contribution in [0.5, 0.6) is 0 Å². The SMILES string of the molecule is CC(=O)C1N(C)C=CN1C. The maximum absolute atomic E-state index is 10.9. The Morgan fingerprint density at radius 2 is 1.70 bits per heavy atom. The molecule has 0 spiro atoms. The minimum Gasteiger partial charge on any atom is -0.353 e. The third-order valence-corrected chi connectivity index (χ3v) is 1.67. The van der Waals surface area contributed by atoms with Crippen LogP contribution in [0, 0.1) is 0 Å². The van der Waals surface area contributed by atoms with Gasteiger partial charge in [-0.2, -0.15) is 0 Å². The number of hydrogen-bond acceptors (Lipinski definition) is 3. The van der Waals surface area contributed by atoms with E-state index in [1.165, 1.54) is 0 Å². The van der Waals surface area contributed by atoms with E-state index in [-0.39, 0.29) is 11.9 Å². The van der Waals surface area contributed by atoms with Gasteiger partial charge in [0.25, 0.3) is 0 Å². The second-order valence-electron chi connectivity index (χ2n) is 2.61. The molecule has 0 fully saturated rings. The van der Waals surface area contributed by atoms with Crippen molar-refractivity contribution >= 4 is 5.78 Å². The zero-order valence-corrected chi connectivity index (χ0v) is 6.53. The molecule has 3 heteroatoms. The third kappa shape index (κ3) is 0.988. The molecule has 0 radical (unpaired) electrons. The molecule has 0 aliphatic carbocycles. The Hall–Kier alpha value is -0.990. The van der Waals surface area contributed by atoms with Gasteiger partial charge in [-0.3, -0.25) is 4.79 Å². The van der Waals surface area contributed by atoms with Crippen molar-refractivity contribution in [3.8, 4) is 0 Å². The van der Waals surface area contributed by atoms with Crippen LogP contribution in [0.25, 0.3) is 0 Å². The van der Waals surface area contributed by atoms with Crippen LogP contribution in [0.4, 0.5) is 0 Å². The lowest BCUT2D eigenvalue weighted by molar-refractivity contribution is -0.123. The molecule has 0 aromatic rings. The Bertz CT molecular complexity index is 164. The molecule has 1 aliphatic heterocycles. The number of likely N-dealkylation sites (N-methyl/N-ethyl adjacent to an activating group) is 2. The lowest BCUT2D eigenvalue weighted by atomic mass is 10.3. The maximum Gasteiger partial charge on any atom is 0.172 e. The summed E-state index contributed by atoms with van der Waals surface area (Å²) in [5, 5.41) is 0. The van der Waals surface area contributed by atoms with Crippen LogP contribution < -0.4 is 0 Å². The summed E-state index contributed by atoms with van der Waals surface area (Å²) in [4.78, 5) is 14.7. The normalized spacial score (nSPS) is 18.7. The van der Waals surface area contributed by atoms with Crippen molar-refractivity contribution in [2.24, 2.45) is 0 Å². The maximum atomic E-state index is 10.9. The van der Waals surface area contributed by atoms with Crippen LogP contribution >= 0.6 is 0 Å². The molecule has 0 unspecified atom stereocenters. The summed E-state index contributed by atoms with van der Waals surface area (Å²) < 4.78 is 0. The molecular weight excluding hydrogens is 128 g/mol. The lowest BCUT2D eigenvalue weighted by Crippen LogP contribution is -2.39. The van der Waals surface area contributed by atoms with Crippen molar-refractivity contribution in [1.29, 1.82) is 0 Å². The van der Waals surface area contributed by atoms with Crippen LogP contribution in [-0.2, 0) is 4.79 Å². The first-order valence-corrected chi connectivity index (χ1v) is 3.25. The van der Waals surface area contributed by atoms with Crippen molar-refractivity contribution in [3.05, 3.63) is 12.4 Å². The predicted molar refractivity (Wildman–Crippen MR) is 39.1 cm³/mol. The molecule has 0 saturated heterocycles. The number of carbonyl (C=O) groups is 1. The molecular formula is C7H12N2O. The van der Waals surface area contributed by atoms with E-state index in [0.717, 1.165) is 0 Å². The average molecular weight is 140 g/mol. The second kappa shape index (κ2) is 2.33. The molecule has 0 amide bonds. The summed E-state index contributed by atoms with van der Waals surface area (Å²) in [5.41, 5.74) is 0. The second-order valence-corrected chi connectivity index (χ2v) is 2.61. The van der Waals surface area contributed by atoms with E-state index < -0.39 is 0 Å². The fourth-order valence-corrected chi connectivity index (χ4v) is 1.23. The first-order chi connectivity index (χ1) is 4.63. The fraction of sp³-hybridized carbons (Fsp3) is 0.571. The van der Waals surface area contributed by atoms with E-state index in [1.54, 1.807) is 6.92 Å². The predicted octanol–water partition coefficient (Wildman–Crippen LogP) is 0.250. The number of nitrogens with zero attached hydrogens (tertiary/aromatic N) is 2. The molecule has 0 atom stereocenters. The summed E-state index contributed by atoms with van der Waals surface area (Å²) in [6.07, 6.45) is 3.71. The first-order valence-electron chi connectivity index (χ1n) is 3.25. The highest BCUT2D eigenvalue weighted by atomic mass is 16.1. The summed E-state index contributed by atoms with van der Waals surface area (Å²) in [5.74, 6) is 0.176. The van der Waals surface area contributed by atoms with Crippen LogP contribution in [0.1, 0.15) is 6.92 Å². The molecule has 1 aliphatic rings. The highest BCUT2D eigenvalue weighted by molar-refractivity contribution is 5.81. The van der Waals surface area contributed by atoms with Crippen LogP contribution in [-0.4, -0.2) is 35.8 Å². The van der Waals surface area contributed by atoms with E-state index in [9.17, 15) is 4.79 Å². The molecule has 3 nitrogen and oxygen atoms in total. The average Bonchev–Trinajstić information content (AvgIpc) is 2.11. The molecule has 0 saturated carbocycles. The number of carbonyl (C=O) groups excluding carboxylic acids is 1. The Labute approximate surface area is 60.9 Å². The van der Waals surface area contributed by atoms with E-state index >= 15 is 0 Å². The molecule has 1 heterocycles. The van der Waals surface area contributed by atoms with Gasteiger partial charge < -0.3 is 9.80 Å². The van der Waals surface area contributed by atoms with Gasteiger partial charge >= 0.3 is 0 Å². The van der Waals surface area contributed by atoms with Crippen LogP contribution in [0.2, 0.25) is 0 Å². The molecule has 0 bridgehead atoms. The van der Waals surface area contributed by atoms with Gasteiger partial charge in [0, 0.05) is 26.5 Å². The van der Waals surface area contributed by atoms with Gasteiger partial charge in [-0.15, -0.1) is 0 Å². The van der Waals surface area contributed by atoms with Crippen LogP contribution in [0.3, 0.4) is 0 Å². The Morgan fingerprint density at radius 3 is 1.90 bits per heavy atom. The van der Waals surface area contributed by atoms with E-state index in [1.807, 2.05) is 36.3 Å². The molecule has 0 aromatic carbocycles. The number of Topliss-reactive ketones (excluding diaryl/α,β-unsaturated/α-hetero) is 1. The first kappa shape index (κ1) is 7.12. The van der Waals surface area contributed by atoms with Gasteiger partial charge in [0.1, 0.15) is 0 Å². The number of ketones is 1. The van der Waals surface area contributed by atoms with Crippen LogP contribution in [0.15, 0.2) is 12.4 Å². The summed E-state index contributed by atoms with van der Waals surface area (Å²) in [6, 6.07) is 0. The topological polar surface area (TPSA) is 23.6 Å². The zero-order valence-electron chi connectivity index (χ0n) is 6.53. The van der Waals surface area contributed by atoms with Crippen molar-refractivity contribution in [2.45, 2.75) is 13.1 Å². The number of hydrogen-bond donors (Lipinski definition) is 0. The van der Waals surface area contributed by atoms with E-state index in [4.69, 9.17) is 0 Å². The van der Waals surface area contributed by atoms with E-state index in [2.05, 4.69) is 0 Å². The van der Waals surface area contributed by atoms with Crippen molar-refractivity contribution in [1.82, 2.24) is 9.80 Å². The molecule has 0 N–H and O–H groups in total. The zero-order chi connectivity index (χ0) is 7.72. The number of rotatable bonds is 1. The van der Waals surface area contributed by atoms with Gasteiger partial charge in [0.15, 0.2) is 11.9 Å². The van der Waals surface area contributed by atoms with Crippen molar-refractivity contribution in [2.75, 3.05) is 14.1 Å². The molecule has 0 aromatic heterocycles. The molecule has 56 valence electrons. The standard InChI is InChI=1S/C7H12N2O/c1-6(10)7-8(2)4-5-9(7)3/h4-5,7H,1-3H3. The monoisotopic (exact) mass is 140 g/mol. The summed E-state index contributed by atoms with van der Waals surface area (Å²) in [6.45, 7) is 1.60. The Morgan fingerprint density at radius 1 is 1.30 bits per heavy atom. The largest absolute Gasteiger partial charge is 0.353 e. The van der Waals surface area contributed by atoms with Crippen molar-refractivity contribution in [3.63, 3.8) is 0 Å². The Balaban J connectivity index is 2.69.